The maximum absolute atomic E-state index is 12.8. The van der Waals surface area contributed by atoms with Crippen molar-refractivity contribution in [3.8, 4) is 0 Å². The highest BCUT2D eigenvalue weighted by atomic mass is 19.1. The molecule has 118 valence electrons. The highest BCUT2D eigenvalue weighted by Gasteiger charge is 2.27. The molecule has 1 atom stereocenters. The third-order valence-corrected chi connectivity index (χ3v) is 3.51. The van der Waals surface area contributed by atoms with Crippen LogP contribution in [0.1, 0.15) is 23.2 Å². The van der Waals surface area contributed by atoms with Gasteiger partial charge < -0.3 is 10.6 Å². The molecule has 22 heavy (non-hydrogen) atoms. The van der Waals surface area contributed by atoms with Crippen LogP contribution in [0.3, 0.4) is 0 Å². The zero-order valence-corrected chi connectivity index (χ0v) is 11.8. The number of hydrazine groups is 1. The molecular weight excluding hydrogens is 291 g/mol. The molecule has 0 aromatic heterocycles. The molecule has 1 aromatic rings. The Kier molecular flexibility index (Phi) is 4.92. The fourth-order valence-corrected chi connectivity index (χ4v) is 2.29. The van der Waals surface area contributed by atoms with Crippen LogP contribution in [0.25, 0.3) is 0 Å². The maximum atomic E-state index is 12.8. The normalized spacial score (nSPS) is 17.7. The number of rotatable bonds is 2. The number of nitrogens with two attached hydrogens (primary N) is 1. The second kappa shape index (κ2) is 6.88. The lowest BCUT2D eigenvalue weighted by Gasteiger charge is -2.30. The molecular formula is C14H17FN4O3. The van der Waals surface area contributed by atoms with E-state index in [1.165, 1.54) is 17.0 Å². The van der Waals surface area contributed by atoms with Gasteiger partial charge in [0.15, 0.2) is 0 Å². The van der Waals surface area contributed by atoms with E-state index >= 15 is 0 Å². The Bertz CT molecular complexity index is 576. The molecule has 7 nitrogen and oxygen atoms in total. The van der Waals surface area contributed by atoms with Crippen molar-refractivity contribution in [2.75, 3.05) is 13.1 Å². The number of nitrogens with one attached hydrogen (secondary N) is 2. The minimum Gasteiger partial charge on any atom is -0.351 e. The molecule has 4 N–H and O–H groups in total. The maximum Gasteiger partial charge on any atom is 0.314 e. The average Bonchev–Trinajstić information content (AvgIpc) is 2.53. The van der Waals surface area contributed by atoms with Gasteiger partial charge in [-0.2, -0.15) is 0 Å². The molecule has 1 aromatic carbocycles. The number of amides is 4. The number of hydrogen-bond donors (Lipinski definition) is 3. The lowest BCUT2D eigenvalue weighted by Crippen LogP contribution is -2.50. The first kappa shape index (κ1) is 15.7. The van der Waals surface area contributed by atoms with E-state index in [-0.39, 0.29) is 18.0 Å². The van der Waals surface area contributed by atoms with Crippen LogP contribution in [0.5, 0.6) is 0 Å². The molecule has 8 heteroatoms. The minimum atomic E-state index is -0.562. The first-order chi connectivity index (χ1) is 10.5. The zero-order valence-electron chi connectivity index (χ0n) is 11.8. The molecule has 0 unspecified atom stereocenters. The highest BCUT2D eigenvalue weighted by molar-refractivity contribution is 5.95. The Balaban J connectivity index is 1.85. The van der Waals surface area contributed by atoms with Crippen LogP contribution in [0, 0.1) is 11.7 Å². The van der Waals surface area contributed by atoms with Gasteiger partial charge in [0.05, 0.1) is 5.92 Å². The molecule has 4 amide bonds. The van der Waals surface area contributed by atoms with E-state index in [0.29, 0.717) is 19.4 Å². The van der Waals surface area contributed by atoms with Crippen molar-refractivity contribution in [3.05, 3.63) is 35.6 Å². The van der Waals surface area contributed by atoms with Crippen molar-refractivity contribution in [3.63, 3.8) is 0 Å². The number of urea groups is 1. The van der Waals surface area contributed by atoms with Crippen LogP contribution in [-0.4, -0.2) is 35.8 Å². The number of primary amides is 1. The quantitative estimate of drug-likeness (QED) is 0.688. The number of carbonyl (C=O) groups excluding carboxylic acids is 3. The van der Waals surface area contributed by atoms with Crippen molar-refractivity contribution < 1.29 is 18.8 Å². The second-order valence-electron chi connectivity index (χ2n) is 5.07. The van der Waals surface area contributed by atoms with Crippen LogP contribution >= 0.6 is 0 Å². The number of halogens is 1. The summed E-state index contributed by atoms with van der Waals surface area (Å²) in [5.74, 6) is -1.80. The number of piperidine rings is 1. The Morgan fingerprint density at radius 2 is 1.86 bits per heavy atom. The van der Waals surface area contributed by atoms with Gasteiger partial charge in [0, 0.05) is 18.7 Å². The molecule has 0 aliphatic carbocycles. The fourth-order valence-electron chi connectivity index (χ4n) is 2.29. The fraction of sp³-hybridized carbons (Fsp3) is 0.357. The predicted molar refractivity (Wildman–Crippen MR) is 75.9 cm³/mol. The van der Waals surface area contributed by atoms with Gasteiger partial charge in [-0.15, -0.1) is 0 Å². The average molecular weight is 308 g/mol. The van der Waals surface area contributed by atoms with E-state index in [9.17, 15) is 18.8 Å². The molecule has 0 saturated carbocycles. The summed E-state index contributed by atoms with van der Waals surface area (Å²) in [6.07, 6.45) is 1.29. The summed E-state index contributed by atoms with van der Waals surface area (Å²) in [5, 5.41) is 0. The standard InChI is InChI=1S/C14H17FN4O3/c15-11-5-3-9(4-6-11)12(20)17-18-13(21)10-2-1-7-19(8-10)14(16)22/h3-6,10H,1-2,7-8H2,(H2,16,22)(H,17,20)(H,18,21)/t10-/m1/s1. The summed E-state index contributed by atoms with van der Waals surface area (Å²) in [6, 6.07) is 4.37. The number of carbonyl (C=O) groups is 3. The summed E-state index contributed by atoms with van der Waals surface area (Å²) < 4.78 is 12.8. The van der Waals surface area contributed by atoms with Crippen LogP contribution in [-0.2, 0) is 4.79 Å². The van der Waals surface area contributed by atoms with Crippen LogP contribution < -0.4 is 16.6 Å². The van der Waals surface area contributed by atoms with Gasteiger partial charge in [0.2, 0.25) is 5.91 Å². The molecule has 1 saturated heterocycles. The molecule has 0 radical (unpaired) electrons. The summed E-state index contributed by atoms with van der Waals surface area (Å²) in [5.41, 5.74) is 10.00. The molecule has 1 aliphatic heterocycles. The third-order valence-electron chi connectivity index (χ3n) is 3.51. The smallest absolute Gasteiger partial charge is 0.314 e. The highest BCUT2D eigenvalue weighted by Crippen LogP contribution is 2.16. The largest absolute Gasteiger partial charge is 0.351 e. The van der Waals surface area contributed by atoms with Crippen molar-refractivity contribution in [1.82, 2.24) is 15.8 Å². The van der Waals surface area contributed by atoms with Crippen LogP contribution in [0.2, 0.25) is 0 Å². The van der Waals surface area contributed by atoms with Crippen molar-refractivity contribution in [2.24, 2.45) is 11.7 Å². The SMILES string of the molecule is NC(=O)N1CCC[C@@H](C(=O)NNC(=O)c2ccc(F)cc2)C1. The van der Waals surface area contributed by atoms with E-state index in [1.54, 1.807) is 0 Å². The first-order valence-corrected chi connectivity index (χ1v) is 6.87. The van der Waals surface area contributed by atoms with Crippen molar-refractivity contribution >= 4 is 17.8 Å². The minimum absolute atomic E-state index is 0.226. The Labute approximate surface area is 126 Å². The predicted octanol–water partition coefficient (Wildman–Crippen LogP) is 0.377. The topological polar surface area (TPSA) is 105 Å². The van der Waals surface area contributed by atoms with Crippen molar-refractivity contribution in [1.29, 1.82) is 0 Å². The summed E-state index contributed by atoms with van der Waals surface area (Å²) in [7, 11) is 0. The third kappa shape index (κ3) is 3.94. The van der Waals surface area contributed by atoms with E-state index < -0.39 is 23.7 Å². The van der Waals surface area contributed by atoms with E-state index in [2.05, 4.69) is 10.9 Å². The van der Waals surface area contributed by atoms with E-state index in [4.69, 9.17) is 5.73 Å². The lowest BCUT2D eigenvalue weighted by atomic mass is 9.98. The number of likely N-dealkylation sites (tertiary alicyclic amines) is 1. The Morgan fingerprint density at radius 1 is 1.18 bits per heavy atom. The number of benzene rings is 1. The lowest BCUT2D eigenvalue weighted by molar-refractivity contribution is -0.127. The van der Waals surface area contributed by atoms with Gasteiger partial charge in [-0.05, 0) is 37.1 Å². The molecule has 1 aliphatic rings. The molecule has 1 heterocycles. The van der Waals surface area contributed by atoms with Crippen molar-refractivity contribution in [2.45, 2.75) is 12.8 Å². The summed E-state index contributed by atoms with van der Waals surface area (Å²) in [6.45, 7) is 0.759. The van der Waals surface area contributed by atoms with Gasteiger partial charge >= 0.3 is 6.03 Å². The summed E-state index contributed by atoms with van der Waals surface area (Å²) in [4.78, 5) is 36.3. The van der Waals surface area contributed by atoms with E-state index in [1.807, 2.05) is 0 Å². The van der Waals surface area contributed by atoms with Gasteiger partial charge in [-0.3, -0.25) is 20.4 Å². The molecule has 0 spiro atoms. The molecule has 0 bridgehead atoms. The monoisotopic (exact) mass is 308 g/mol. The molecule has 2 rings (SSSR count). The van der Waals surface area contributed by atoms with Gasteiger partial charge in [0.1, 0.15) is 5.82 Å². The Hall–Kier alpha value is -2.64. The Morgan fingerprint density at radius 3 is 2.50 bits per heavy atom. The van der Waals surface area contributed by atoms with Gasteiger partial charge in [0.25, 0.3) is 5.91 Å². The van der Waals surface area contributed by atoms with Crippen LogP contribution in [0.4, 0.5) is 9.18 Å². The second-order valence-corrected chi connectivity index (χ2v) is 5.07. The van der Waals surface area contributed by atoms with Gasteiger partial charge in [-0.25, -0.2) is 9.18 Å². The number of nitrogens with zero attached hydrogens (tertiary/aromatic N) is 1. The van der Waals surface area contributed by atoms with Gasteiger partial charge in [-0.1, -0.05) is 0 Å². The number of hydrogen-bond acceptors (Lipinski definition) is 3. The van der Waals surface area contributed by atoms with Crippen LogP contribution in [0.15, 0.2) is 24.3 Å². The first-order valence-electron chi connectivity index (χ1n) is 6.87. The summed E-state index contributed by atoms with van der Waals surface area (Å²) >= 11 is 0. The zero-order chi connectivity index (χ0) is 16.1. The molecule has 1 fully saturated rings. The van der Waals surface area contributed by atoms with E-state index in [0.717, 1.165) is 12.1 Å².